The van der Waals surface area contributed by atoms with Gasteiger partial charge in [0.15, 0.2) is 5.71 Å². The fraction of sp³-hybridized carbons (Fsp3) is 0.500. The lowest BCUT2D eigenvalue weighted by molar-refractivity contribution is -0.139. The van der Waals surface area contributed by atoms with E-state index in [2.05, 4.69) is 15.8 Å². The topological polar surface area (TPSA) is 207 Å². The predicted molar refractivity (Wildman–Crippen MR) is 139 cm³/mol. The van der Waals surface area contributed by atoms with Crippen molar-refractivity contribution in [2.24, 2.45) is 10.9 Å². The number of carbonyl (C=O) groups is 5. The first kappa shape index (κ1) is 32.4. The van der Waals surface area contributed by atoms with Crippen LogP contribution in [0.15, 0.2) is 35.5 Å². The van der Waals surface area contributed by atoms with E-state index < -0.39 is 48.4 Å². The van der Waals surface area contributed by atoms with Gasteiger partial charge in [0.05, 0.1) is 6.61 Å². The average molecular weight is 555 g/mol. The van der Waals surface area contributed by atoms with Crippen molar-refractivity contribution in [3.63, 3.8) is 0 Å². The summed E-state index contributed by atoms with van der Waals surface area (Å²) in [4.78, 5) is 64.2. The summed E-state index contributed by atoms with van der Waals surface area (Å²) in [6.45, 7) is 1.60. The molecule has 13 nitrogen and oxygen atoms in total. The van der Waals surface area contributed by atoms with Crippen LogP contribution in [0.3, 0.4) is 0 Å². The van der Waals surface area contributed by atoms with E-state index in [1.165, 1.54) is 0 Å². The zero-order valence-electron chi connectivity index (χ0n) is 21.1. The molecule has 2 amide bonds. The number of rotatable bonds is 19. The number of nitrogens with two attached hydrogens (primary N) is 1. The Morgan fingerprint density at radius 1 is 1.13 bits per heavy atom. The van der Waals surface area contributed by atoms with Crippen molar-refractivity contribution < 1.29 is 43.8 Å². The van der Waals surface area contributed by atoms with Gasteiger partial charge in [0.25, 0.3) is 0 Å². The molecule has 0 fully saturated rings. The second-order valence-corrected chi connectivity index (χ2v) is 9.05. The molecule has 0 aliphatic heterocycles. The maximum absolute atomic E-state index is 12.5. The van der Waals surface area contributed by atoms with E-state index in [-0.39, 0.29) is 43.3 Å². The molecule has 1 aromatic rings. The van der Waals surface area contributed by atoms with Gasteiger partial charge < -0.3 is 36.2 Å². The Morgan fingerprint density at radius 2 is 1.84 bits per heavy atom. The first-order valence-corrected chi connectivity index (χ1v) is 13.0. The number of aliphatic carboxylic acids is 2. The number of oxime groups is 1. The number of esters is 1. The standard InChI is InChI=1S/C24H34N4O9S/c1-2-3-11-36-24(35)19(28-37-13-16-7-5-4-6-8-16)15-38-14-18(22(32)26-12-21(30)31)27-20(29)10-9-17(25)23(33)34/h4-8,17-18H,2-3,9-15,25H2,1H3,(H,26,32)(H,27,29)(H,30,31)(H,33,34)/b28-19+. The summed E-state index contributed by atoms with van der Waals surface area (Å²) in [5.74, 6) is -4.71. The Labute approximate surface area is 224 Å². The minimum atomic E-state index is -1.27. The molecule has 0 heterocycles. The number of unbranched alkanes of at least 4 members (excludes halogenated alkanes) is 1. The molecule has 0 radical (unpaired) electrons. The predicted octanol–water partition coefficient (Wildman–Crippen LogP) is 0.513. The number of carbonyl (C=O) groups excluding carboxylic acids is 3. The van der Waals surface area contributed by atoms with Crippen LogP contribution in [-0.4, -0.2) is 82.4 Å². The van der Waals surface area contributed by atoms with E-state index in [1.807, 2.05) is 37.3 Å². The van der Waals surface area contributed by atoms with Crippen LogP contribution in [0.25, 0.3) is 0 Å². The number of thioether (sulfide) groups is 1. The molecule has 6 N–H and O–H groups in total. The zero-order valence-corrected chi connectivity index (χ0v) is 21.9. The summed E-state index contributed by atoms with van der Waals surface area (Å²) in [6.07, 6.45) is 1.07. The average Bonchev–Trinajstić information content (AvgIpc) is 2.89. The summed E-state index contributed by atoms with van der Waals surface area (Å²) < 4.78 is 5.22. The van der Waals surface area contributed by atoms with Gasteiger partial charge in [-0.25, -0.2) is 4.79 Å². The molecule has 2 unspecified atom stereocenters. The van der Waals surface area contributed by atoms with Gasteiger partial charge in [0, 0.05) is 17.9 Å². The summed E-state index contributed by atoms with van der Waals surface area (Å²) in [5, 5.41) is 26.2. The second kappa shape index (κ2) is 18.6. The molecule has 0 spiro atoms. The van der Waals surface area contributed by atoms with Crippen molar-refractivity contribution in [3.05, 3.63) is 35.9 Å². The van der Waals surface area contributed by atoms with E-state index in [1.54, 1.807) is 0 Å². The summed E-state index contributed by atoms with van der Waals surface area (Å²) in [6, 6.07) is 6.75. The maximum Gasteiger partial charge on any atom is 0.356 e. The minimum absolute atomic E-state index is 0.0256. The number of hydrogen-bond donors (Lipinski definition) is 5. The SMILES string of the molecule is CCCCOC(=O)/C(CSCC(NC(=O)CCC(N)C(=O)O)C(=O)NCC(=O)O)=N/OCc1ccccc1. The molecular formula is C24H34N4O9S. The van der Waals surface area contributed by atoms with Crippen LogP contribution >= 0.6 is 11.8 Å². The number of carboxylic acid groups (broad SMARTS) is 2. The van der Waals surface area contributed by atoms with E-state index in [4.69, 9.17) is 25.5 Å². The highest BCUT2D eigenvalue weighted by molar-refractivity contribution is 8.00. The largest absolute Gasteiger partial charge is 0.480 e. The van der Waals surface area contributed by atoms with Gasteiger partial charge >= 0.3 is 17.9 Å². The highest BCUT2D eigenvalue weighted by Crippen LogP contribution is 2.09. The van der Waals surface area contributed by atoms with Crippen molar-refractivity contribution >= 4 is 47.2 Å². The lowest BCUT2D eigenvalue weighted by Crippen LogP contribution is -2.49. The molecule has 210 valence electrons. The van der Waals surface area contributed by atoms with Crippen LogP contribution in [0.2, 0.25) is 0 Å². The first-order chi connectivity index (χ1) is 18.1. The Morgan fingerprint density at radius 3 is 2.47 bits per heavy atom. The third-order valence-electron chi connectivity index (χ3n) is 4.80. The van der Waals surface area contributed by atoms with Crippen molar-refractivity contribution in [1.82, 2.24) is 10.6 Å². The minimum Gasteiger partial charge on any atom is -0.480 e. The van der Waals surface area contributed by atoms with Crippen LogP contribution in [0.1, 0.15) is 38.2 Å². The Balaban J connectivity index is 2.82. The second-order valence-electron chi connectivity index (χ2n) is 8.02. The summed E-state index contributed by atoms with van der Waals surface area (Å²) in [7, 11) is 0. The van der Waals surface area contributed by atoms with Gasteiger partial charge in [-0.05, 0) is 18.4 Å². The number of ether oxygens (including phenoxy) is 1. The third kappa shape index (κ3) is 14.2. The van der Waals surface area contributed by atoms with Gasteiger partial charge in [0.2, 0.25) is 11.8 Å². The summed E-state index contributed by atoms with van der Waals surface area (Å²) in [5.41, 5.74) is 6.20. The highest BCUT2D eigenvalue weighted by atomic mass is 32.2. The highest BCUT2D eigenvalue weighted by Gasteiger charge is 2.24. The fourth-order valence-electron chi connectivity index (χ4n) is 2.69. The van der Waals surface area contributed by atoms with Gasteiger partial charge in [0.1, 0.15) is 25.2 Å². The molecule has 38 heavy (non-hydrogen) atoms. The molecular weight excluding hydrogens is 520 g/mol. The summed E-state index contributed by atoms with van der Waals surface area (Å²) >= 11 is 1.06. The smallest absolute Gasteiger partial charge is 0.356 e. The number of nitrogens with one attached hydrogen (secondary N) is 2. The molecule has 14 heteroatoms. The number of hydrogen-bond acceptors (Lipinski definition) is 10. The van der Waals surface area contributed by atoms with Crippen LogP contribution in [0.5, 0.6) is 0 Å². The number of nitrogens with zero attached hydrogens (tertiary/aromatic N) is 1. The Hall–Kier alpha value is -3.65. The quantitative estimate of drug-likeness (QED) is 0.0689. The molecule has 0 aliphatic rings. The molecule has 0 bridgehead atoms. The van der Waals surface area contributed by atoms with E-state index in [0.717, 1.165) is 23.7 Å². The van der Waals surface area contributed by atoms with Crippen LogP contribution < -0.4 is 16.4 Å². The molecule has 0 aliphatic carbocycles. The number of benzene rings is 1. The zero-order chi connectivity index (χ0) is 28.3. The van der Waals surface area contributed by atoms with E-state index in [9.17, 15) is 24.0 Å². The van der Waals surface area contributed by atoms with Gasteiger partial charge in [-0.15, -0.1) is 0 Å². The Bertz CT molecular complexity index is 959. The van der Waals surface area contributed by atoms with E-state index >= 15 is 0 Å². The van der Waals surface area contributed by atoms with Crippen molar-refractivity contribution in [3.8, 4) is 0 Å². The maximum atomic E-state index is 12.5. The van der Waals surface area contributed by atoms with Crippen LogP contribution in [-0.2, 0) is 40.2 Å². The molecule has 0 saturated heterocycles. The van der Waals surface area contributed by atoms with Crippen molar-refractivity contribution in [2.45, 2.75) is 51.3 Å². The molecule has 0 aromatic heterocycles. The number of carboxylic acids is 2. The van der Waals surface area contributed by atoms with Gasteiger partial charge in [-0.1, -0.05) is 48.8 Å². The number of amides is 2. The van der Waals surface area contributed by atoms with E-state index in [0.29, 0.717) is 6.42 Å². The fourth-order valence-corrected chi connectivity index (χ4v) is 3.65. The monoisotopic (exact) mass is 554 g/mol. The normalized spacial score (nSPS) is 12.6. The van der Waals surface area contributed by atoms with Crippen LogP contribution in [0, 0.1) is 0 Å². The van der Waals surface area contributed by atoms with Gasteiger partial charge in [-0.3, -0.25) is 19.2 Å². The lowest BCUT2D eigenvalue weighted by atomic mass is 10.1. The third-order valence-corrected chi connectivity index (χ3v) is 5.85. The Kier molecular flexibility index (Phi) is 15.8. The lowest BCUT2D eigenvalue weighted by Gasteiger charge is -2.18. The molecule has 2 atom stereocenters. The van der Waals surface area contributed by atoms with Crippen molar-refractivity contribution in [2.75, 3.05) is 24.7 Å². The van der Waals surface area contributed by atoms with Crippen LogP contribution in [0.4, 0.5) is 0 Å². The van der Waals surface area contributed by atoms with Crippen molar-refractivity contribution in [1.29, 1.82) is 0 Å². The molecule has 0 saturated carbocycles. The molecule has 1 aromatic carbocycles. The van der Waals surface area contributed by atoms with Gasteiger partial charge in [-0.2, -0.15) is 11.8 Å². The first-order valence-electron chi connectivity index (χ1n) is 11.9. The molecule has 1 rings (SSSR count).